The second kappa shape index (κ2) is 12.2. The Bertz CT molecular complexity index is 1130. The third kappa shape index (κ3) is 6.63. The maximum Gasteiger partial charge on any atom is 0.254 e. The van der Waals surface area contributed by atoms with Crippen molar-refractivity contribution >= 4 is 35.0 Å². The van der Waals surface area contributed by atoms with Crippen LogP contribution >= 0.6 is 23.2 Å². The summed E-state index contributed by atoms with van der Waals surface area (Å²) in [7, 11) is 0. The van der Waals surface area contributed by atoms with E-state index in [1.165, 1.54) is 5.56 Å². The lowest BCUT2D eigenvalue weighted by molar-refractivity contribution is -0.123. The number of halogens is 2. The van der Waals surface area contributed by atoms with Crippen molar-refractivity contribution in [3.05, 3.63) is 106 Å². The normalized spacial score (nSPS) is 18.9. The predicted molar refractivity (Wildman–Crippen MR) is 141 cm³/mol. The number of rotatable bonds is 5. The highest BCUT2D eigenvalue weighted by molar-refractivity contribution is 6.34. The molecule has 3 aromatic rings. The molecule has 2 aliphatic heterocycles. The van der Waals surface area contributed by atoms with Crippen LogP contribution in [-0.2, 0) is 11.2 Å². The van der Waals surface area contributed by atoms with E-state index in [-0.39, 0.29) is 23.8 Å². The highest BCUT2D eigenvalue weighted by Crippen LogP contribution is 2.30. The SMILES string of the molecule is Clc1cccc(Cl)c1.O=C(NCCc1ccccc1)C1CN([C@H]2CCNC2)C(=O)c2ccccc21. The molecular weight excluding hydrogens is 481 g/mol. The number of nitrogens with zero attached hydrogens (tertiary/aromatic N) is 1. The van der Waals surface area contributed by atoms with Crippen molar-refractivity contribution in [3.8, 4) is 0 Å². The fourth-order valence-electron chi connectivity index (χ4n) is 4.53. The average molecular weight is 510 g/mol. The van der Waals surface area contributed by atoms with Gasteiger partial charge in [0, 0.05) is 41.3 Å². The van der Waals surface area contributed by atoms with Gasteiger partial charge in [-0.15, -0.1) is 0 Å². The van der Waals surface area contributed by atoms with Gasteiger partial charge in [-0.3, -0.25) is 9.59 Å². The molecule has 2 N–H and O–H groups in total. The Morgan fingerprint density at radius 2 is 1.69 bits per heavy atom. The summed E-state index contributed by atoms with van der Waals surface area (Å²) in [4.78, 5) is 27.8. The van der Waals surface area contributed by atoms with Gasteiger partial charge in [-0.05, 0) is 54.8 Å². The Hall–Kier alpha value is -2.86. The molecule has 1 unspecified atom stereocenters. The van der Waals surface area contributed by atoms with Gasteiger partial charge >= 0.3 is 0 Å². The van der Waals surface area contributed by atoms with Crippen LogP contribution in [0.25, 0.3) is 0 Å². The molecule has 2 atom stereocenters. The molecular formula is C28H29Cl2N3O2. The molecule has 0 radical (unpaired) electrons. The van der Waals surface area contributed by atoms with E-state index in [4.69, 9.17) is 23.2 Å². The first-order valence-corrected chi connectivity index (χ1v) is 12.6. The Kier molecular flexibility index (Phi) is 8.80. The Balaban J connectivity index is 0.000000308. The monoisotopic (exact) mass is 509 g/mol. The Labute approximate surface area is 216 Å². The van der Waals surface area contributed by atoms with Crippen LogP contribution in [0.3, 0.4) is 0 Å². The molecule has 5 rings (SSSR count). The maximum absolute atomic E-state index is 13.0. The van der Waals surface area contributed by atoms with Crippen molar-refractivity contribution in [2.24, 2.45) is 0 Å². The summed E-state index contributed by atoms with van der Waals surface area (Å²) in [5.41, 5.74) is 2.72. The van der Waals surface area contributed by atoms with Gasteiger partial charge in [-0.1, -0.05) is 77.8 Å². The van der Waals surface area contributed by atoms with Crippen molar-refractivity contribution in [1.82, 2.24) is 15.5 Å². The molecule has 2 amide bonds. The molecule has 2 aliphatic rings. The minimum atomic E-state index is -0.310. The molecule has 5 nitrogen and oxygen atoms in total. The largest absolute Gasteiger partial charge is 0.355 e. The number of carbonyl (C=O) groups is 2. The molecule has 35 heavy (non-hydrogen) atoms. The molecule has 1 saturated heterocycles. The molecule has 0 saturated carbocycles. The van der Waals surface area contributed by atoms with Crippen molar-refractivity contribution < 1.29 is 9.59 Å². The highest BCUT2D eigenvalue weighted by atomic mass is 35.5. The number of amides is 2. The van der Waals surface area contributed by atoms with Crippen LogP contribution in [0.4, 0.5) is 0 Å². The summed E-state index contributed by atoms with van der Waals surface area (Å²) >= 11 is 11.1. The Morgan fingerprint density at radius 1 is 0.971 bits per heavy atom. The second-order valence-electron chi connectivity index (χ2n) is 8.71. The van der Waals surface area contributed by atoms with Crippen LogP contribution in [0.5, 0.6) is 0 Å². The van der Waals surface area contributed by atoms with E-state index in [1.807, 2.05) is 53.4 Å². The van der Waals surface area contributed by atoms with Crippen LogP contribution in [0.15, 0.2) is 78.9 Å². The molecule has 0 aliphatic carbocycles. The van der Waals surface area contributed by atoms with E-state index in [0.717, 1.165) is 31.5 Å². The highest BCUT2D eigenvalue weighted by Gasteiger charge is 2.38. The maximum atomic E-state index is 13.0. The van der Waals surface area contributed by atoms with Crippen molar-refractivity contribution in [2.45, 2.75) is 24.8 Å². The predicted octanol–water partition coefficient (Wildman–Crippen LogP) is 4.94. The van der Waals surface area contributed by atoms with Gasteiger partial charge in [0.1, 0.15) is 0 Å². The third-order valence-corrected chi connectivity index (χ3v) is 6.81. The number of hydrogen-bond acceptors (Lipinski definition) is 3. The molecule has 182 valence electrons. The third-order valence-electron chi connectivity index (χ3n) is 6.34. The smallest absolute Gasteiger partial charge is 0.254 e. The van der Waals surface area contributed by atoms with Gasteiger partial charge in [0.2, 0.25) is 5.91 Å². The first kappa shape index (κ1) is 25.2. The molecule has 2 heterocycles. The average Bonchev–Trinajstić information content (AvgIpc) is 3.40. The fraction of sp³-hybridized carbons (Fsp3) is 0.286. The van der Waals surface area contributed by atoms with Crippen LogP contribution < -0.4 is 10.6 Å². The molecule has 0 spiro atoms. The first-order chi connectivity index (χ1) is 17.0. The van der Waals surface area contributed by atoms with E-state index in [0.29, 0.717) is 28.7 Å². The van der Waals surface area contributed by atoms with E-state index in [2.05, 4.69) is 22.8 Å². The zero-order valence-electron chi connectivity index (χ0n) is 19.4. The van der Waals surface area contributed by atoms with Gasteiger partial charge < -0.3 is 15.5 Å². The number of benzene rings is 3. The minimum Gasteiger partial charge on any atom is -0.355 e. The van der Waals surface area contributed by atoms with Gasteiger partial charge in [-0.2, -0.15) is 0 Å². The zero-order chi connectivity index (χ0) is 24.6. The molecule has 1 fully saturated rings. The van der Waals surface area contributed by atoms with Crippen LogP contribution in [0.2, 0.25) is 10.0 Å². The summed E-state index contributed by atoms with van der Waals surface area (Å²) in [6.07, 6.45) is 1.74. The lowest BCUT2D eigenvalue weighted by Crippen LogP contribution is -2.50. The lowest BCUT2D eigenvalue weighted by atomic mass is 9.87. The van der Waals surface area contributed by atoms with Crippen molar-refractivity contribution in [1.29, 1.82) is 0 Å². The molecule has 0 aromatic heterocycles. The van der Waals surface area contributed by atoms with Gasteiger partial charge in [0.15, 0.2) is 0 Å². The standard InChI is InChI=1S/C22H25N3O2.C6H4Cl2/c26-21(24-13-10-16-6-2-1-3-7-16)20-15-25(17-11-12-23-14-17)22(27)19-9-5-4-8-18(19)20;7-5-2-1-3-6(8)4-5/h1-9,17,20,23H,10-15H2,(H,24,26);1-4H/t17-,20?;/m0./s1. The molecule has 3 aromatic carbocycles. The first-order valence-electron chi connectivity index (χ1n) is 11.9. The van der Waals surface area contributed by atoms with E-state index in [1.54, 1.807) is 18.2 Å². The minimum absolute atomic E-state index is 0.00170. The zero-order valence-corrected chi connectivity index (χ0v) is 20.9. The summed E-state index contributed by atoms with van der Waals surface area (Å²) in [6, 6.07) is 24.9. The van der Waals surface area contributed by atoms with E-state index in [9.17, 15) is 9.59 Å². The quantitative estimate of drug-likeness (QED) is 0.511. The van der Waals surface area contributed by atoms with Crippen LogP contribution in [0.1, 0.15) is 33.8 Å². The number of hydrogen-bond donors (Lipinski definition) is 2. The lowest BCUT2D eigenvalue weighted by Gasteiger charge is -2.37. The van der Waals surface area contributed by atoms with Gasteiger partial charge in [-0.25, -0.2) is 0 Å². The molecule has 7 heteroatoms. The van der Waals surface area contributed by atoms with Gasteiger partial charge in [0.05, 0.1) is 5.92 Å². The number of carbonyl (C=O) groups excluding carboxylic acids is 2. The van der Waals surface area contributed by atoms with Crippen molar-refractivity contribution in [2.75, 3.05) is 26.2 Å². The summed E-state index contributed by atoms with van der Waals surface area (Å²) in [6.45, 7) is 2.78. The van der Waals surface area contributed by atoms with E-state index >= 15 is 0 Å². The summed E-state index contributed by atoms with van der Waals surface area (Å²) < 4.78 is 0. The Morgan fingerprint density at radius 3 is 2.34 bits per heavy atom. The topological polar surface area (TPSA) is 61.4 Å². The number of nitrogens with one attached hydrogen (secondary N) is 2. The van der Waals surface area contributed by atoms with Crippen LogP contribution in [-0.4, -0.2) is 48.9 Å². The summed E-state index contributed by atoms with van der Waals surface area (Å²) in [5.74, 6) is -0.259. The van der Waals surface area contributed by atoms with Crippen LogP contribution in [0, 0.1) is 0 Å². The molecule has 0 bridgehead atoms. The second-order valence-corrected chi connectivity index (χ2v) is 9.58. The summed E-state index contributed by atoms with van der Waals surface area (Å²) in [5, 5.41) is 7.75. The fourth-order valence-corrected chi connectivity index (χ4v) is 4.97. The van der Waals surface area contributed by atoms with E-state index < -0.39 is 0 Å². The number of fused-ring (bicyclic) bond motifs is 1. The van der Waals surface area contributed by atoms with Gasteiger partial charge in [0.25, 0.3) is 5.91 Å². The van der Waals surface area contributed by atoms with Crippen molar-refractivity contribution in [3.63, 3.8) is 0 Å².